The molecule has 4 aromatic rings. The fourth-order valence-electron chi connectivity index (χ4n) is 5.16. The van der Waals surface area contributed by atoms with Crippen molar-refractivity contribution in [3.05, 3.63) is 29.5 Å². The maximum Gasteiger partial charge on any atom is 0.490 e. The Kier molecular flexibility index (Phi) is 10.8. The van der Waals surface area contributed by atoms with E-state index in [1.54, 1.807) is 0 Å². The van der Waals surface area contributed by atoms with Crippen molar-refractivity contribution in [2.45, 2.75) is 49.4 Å². The summed E-state index contributed by atoms with van der Waals surface area (Å²) in [6, 6.07) is 0. The summed E-state index contributed by atoms with van der Waals surface area (Å²) < 4.78 is 83.6. The van der Waals surface area contributed by atoms with Crippen molar-refractivity contribution in [3.63, 3.8) is 0 Å². The second-order valence-corrected chi connectivity index (χ2v) is 17.3. The summed E-state index contributed by atoms with van der Waals surface area (Å²) in [4.78, 5) is 73.0. The van der Waals surface area contributed by atoms with Crippen molar-refractivity contribution in [3.8, 4) is 0 Å². The Balaban J connectivity index is 1.01. The summed E-state index contributed by atoms with van der Waals surface area (Å²) in [5, 5.41) is 31.3. The first-order chi connectivity index (χ1) is 24.6. The summed E-state index contributed by atoms with van der Waals surface area (Å²) in [5.41, 5.74) is 10.9. The summed E-state index contributed by atoms with van der Waals surface area (Å²) in [7, 11) is -23.8. The zero-order chi connectivity index (χ0) is 38.7. The highest BCUT2D eigenvalue weighted by molar-refractivity contribution is 7.69. The molecule has 2 saturated heterocycles. The second-order valence-electron chi connectivity index (χ2n) is 11.1. The normalized spacial score (nSPS) is 29.5. The van der Waals surface area contributed by atoms with Gasteiger partial charge >= 0.3 is 37.0 Å². The van der Waals surface area contributed by atoms with Crippen molar-refractivity contribution >= 4 is 65.3 Å². The standard InChI is InChI=1S/C20H28N10O19P4/c21-15-11-17(24-4-23-15)30(6-26-11)19-14(33)13(32)9(46-19)3-44-51(37,38)48-53(41,42)49-52(39,40)47-50(35,36)43-2-8-7(31)1-10(45-8)29-5-25-12-16(22)27-20(34)28-18(12)29/h4-10,13-14,19,31-33H,1-3H2,(H,35,36)(H,37,38)(H,39,40)(H,41,42)(H2,21,23,24)(H3,22,27,28,34)/t7-,8?,9-,10?,13+,14?,19-/m1/s1. The Labute approximate surface area is 292 Å². The average Bonchev–Trinajstić information content (AvgIpc) is 3.79. The molecule has 2 aliphatic heterocycles. The van der Waals surface area contributed by atoms with Crippen LogP contribution in [0.1, 0.15) is 18.9 Å². The topological polar surface area (TPSA) is 434 Å². The van der Waals surface area contributed by atoms with Gasteiger partial charge in [-0.05, 0) is 0 Å². The van der Waals surface area contributed by atoms with Crippen LogP contribution >= 0.6 is 31.3 Å². The molecule has 7 unspecified atom stereocenters. The van der Waals surface area contributed by atoms with Crippen LogP contribution in [0.2, 0.25) is 0 Å². The Morgan fingerprint density at radius 2 is 1.36 bits per heavy atom. The van der Waals surface area contributed by atoms with Crippen molar-refractivity contribution in [1.29, 1.82) is 0 Å². The van der Waals surface area contributed by atoms with E-state index in [2.05, 4.69) is 51.9 Å². The first-order valence-corrected chi connectivity index (χ1v) is 20.4. The van der Waals surface area contributed by atoms with Crippen LogP contribution in [0.3, 0.4) is 0 Å². The molecule has 6 rings (SSSR count). The predicted molar refractivity (Wildman–Crippen MR) is 167 cm³/mol. The van der Waals surface area contributed by atoms with Crippen LogP contribution in [-0.4, -0.2) is 118 Å². The number of anilines is 2. The van der Waals surface area contributed by atoms with E-state index >= 15 is 0 Å². The zero-order valence-corrected chi connectivity index (χ0v) is 29.6. The maximum absolute atomic E-state index is 12.4. The first kappa shape index (κ1) is 39.6. The van der Waals surface area contributed by atoms with Gasteiger partial charge in [-0.25, -0.2) is 43.0 Å². The fourth-order valence-corrected chi connectivity index (χ4v) is 10.1. The lowest BCUT2D eigenvalue weighted by Crippen LogP contribution is -2.33. The van der Waals surface area contributed by atoms with E-state index in [1.165, 1.54) is 10.9 Å². The highest BCUT2D eigenvalue weighted by atomic mass is 31.3. The molecule has 12 N–H and O–H groups in total. The maximum atomic E-state index is 12.4. The van der Waals surface area contributed by atoms with E-state index in [0.717, 1.165) is 17.2 Å². The lowest BCUT2D eigenvalue weighted by atomic mass is 10.1. The van der Waals surface area contributed by atoms with Gasteiger partial charge in [-0.15, -0.1) is 0 Å². The monoisotopic (exact) mass is 836 g/mol. The largest absolute Gasteiger partial charge is 0.490 e. The number of hydrogen-bond acceptors (Lipinski definition) is 22. The number of fused-ring (bicyclic) bond motifs is 2. The molecule has 2 aliphatic rings. The average molecular weight is 836 g/mol. The summed E-state index contributed by atoms with van der Waals surface area (Å²) in [6.07, 6.45) is -7.13. The van der Waals surface area contributed by atoms with Crippen molar-refractivity contribution in [1.82, 2.24) is 39.0 Å². The Hall–Kier alpha value is -3.14. The van der Waals surface area contributed by atoms with E-state index in [9.17, 15) is 57.9 Å². The lowest BCUT2D eigenvalue weighted by molar-refractivity contribution is -0.0503. The number of nitrogens with one attached hydrogen (secondary N) is 1. The van der Waals surface area contributed by atoms with Crippen molar-refractivity contribution in [2.75, 3.05) is 24.7 Å². The van der Waals surface area contributed by atoms with E-state index in [1.807, 2.05) is 0 Å². The third kappa shape index (κ3) is 8.73. The Bertz CT molecular complexity index is 2270. The van der Waals surface area contributed by atoms with Gasteiger partial charge in [0.2, 0.25) is 0 Å². The Morgan fingerprint density at radius 1 is 0.774 bits per heavy atom. The molecule has 0 saturated carbocycles. The van der Waals surface area contributed by atoms with Gasteiger partial charge in [0.15, 0.2) is 23.3 Å². The highest BCUT2D eigenvalue weighted by Gasteiger charge is 2.49. The molecule has 292 valence electrons. The lowest BCUT2D eigenvalue weighted by Gasteiger charge is -2.21. The number of aliphatic hydroxyl groups excluding tert-OH is 3. The van der Waals surface area contributed by atoms with Gasteiger partial charge < -0.3 is 55.8 Å². The quantitative estimate of drug-likeness (QED) is 0.0607. The SMILES string of the molecule is Nc1[nH]c(=O)nc2c1ncn2C1C[C@@H](O)C(COP(=O)(O)OP(=O)(O)OP(=O)(O)OP(=O)(O)OC[C@H]2O[C@@H](n3cnc4c(N)ncnc43)C(O)[C@H]2O)O1. The summed E-state index contributed by atoms with van der Waals surface area (Å²) in [5.74, 6) is -0.114. The minimum Gasteiger partial charge on any atom is -0.390 e. The number of rotatable bonds is 14. The molecular formula is C20H28N10O19P4. The molecule has 11 atom stereocenters. The van der Waals surface area contributed by atoms with E-state index in [4.69, 9.17) is 20.9 Å². The number of nitrogens with zero attached hydrogens (tertiary/aromatic N) is 7. The van der Waals surface area contributed by atoms with Gasteiger partial charge in [0, 0.05) is 6.42 Å². The molecule has 0 spiro atoms. The van der Waals surface area contributed by atoms with Crippen LogP contribution in [0.4, 0.5) is 11.6 Å². The van der Waals surface area contributed by atoms with Gasteiger partial charge in [0.05, 0.1) is 32.0 Å². The molecule has 0 amide bonds. The number of nitrogens with two attached hydrogens (primary N) is 2. The van der Waals surface area contributed by atoms with Crippen LogP contribution in [0.25, 0.3) is 22.3 Å². The number of aliphatic hydroxyl groups is 3. The van der Waals surface area contributed by atoms with Crippen LogP contribution < -0.4 is 17.2 Å². The van der Waals surface area contributed by atoms with Gasteiger partial charge in [-0.3, -0.25) is 23.2 Å². The zero-order valence-electron chi connectivity index (χ0n) is 26.0. The predicted octanol–water partition coefficient (Wildman–Crippen LogP) is -2.12. The van der Waals surface area contributed by atoms with Gasteiger partial charge in [0.1, 0.15) is 53.8 Å². The van der Waals surface area contributed by atoms with Crippen LogP contribution in [0.5, 0.6) is 0 Å². The molecule has 0 aliphatic carbocycles. The molecule has 53 heavy (non-hydrogen) atoms. The van der Waals surface area contributed by atoms with E-state index < -0.39 is 93.2 Å². The number of phosphoric acid groups is 4. The van der Waals surface area contributed by atoms with Crippen molar-refractivity contribution < 1.29 is 84.6 Å². The van der Waals surface area contributed by atoms with Gasteiger partial charge in [-0.1, -0.05) is 0 Å². The number of nitrogen functional groups attached to an aromatic ring is 2. The second kappa shape index (κ2) is 14.5. The molecule has 29 nitrogen and oxygen atoms in total. The summed E-state index contributed by atoms with van der Waals surface area (Å²) in [6.45, 7) is -2.10. The molecule has 0 aromatic carbocycles. The third-order valence-electron chi connectivity index (χ3n) is 7.41. The smallest absolute Gasteiger partial charge is 0.390 e. The number of imidazole rings is 2. The van der Waals surface area contributed by atoms with Crippen LogP contribution in [0, 0.1) is 0 Å². The molecule has 0 bridgehead atoms. The van der Waals surface area contributed by atoms with Crippen LogP contribution in [0.15, 0.2) is 23.8 Å². The van der Waals surface area contributed by atoms with Crippen LogP contribution in [-0.2, 0) is 49.7 Å². The molecule has 4 aromatic heterocycles. The van der Waals surface area contributed by atoms with Gasteiger partial charge in [-0.2, -0.15) is 17.9 Å². The molecule has 33 heteroatoms. The van der Waals surface area contributed by atoms with E-state index in [0.29, 0.717) is 0 Å². The van der Waals surface area contributed by atoms with Gasteiger partial charge in [0.25, 0.3) is 0 Å². The minimum absolute atomic E-state index is 0.0123. The minimum atomic E-state index is -6.17. The molecular weight excluding hydrogens is 808 g/mol. The van der Waals surface area contributed by atoms with Crippen molar-refractivity contribution in [2.24, 2.45) is 0 Å². The van der Waals surface area contributed by atoms with E-state index in [-0.39, 0.29) is 40.4 Å². The first-order valence-electron chi connectivity index (χ1n) is 14.4. The number of H-pyrrole nitrogens is 1. The Morgan fingerprint density at radius 3 is 2.02 bits per heavy atom. The number of aromatic nitrogens is 8. The molecule has 0 radical (unpaired) electrons. The highest BCUT2D eigenvalue weighted by Crippen LogP contribution is 2.71. The molecule has 2 fully saturated rings. The number of ether oxygens (including phenoxy) is 2. The number of hydrogen-bond donors (Lipinski definition) is 10. The number of phosphoric ester groups is 2. The molecule has 6 heterocycles. The number of aromatic amines is 1. The summed E-state index contributed by atoms with van der Waals surface area (Å²) >= 11 is 0. The third-order valence-corrected chi connectivity index (χ3v) is 13.3. The fraction of sp³-hybridized carbons (Fsp3) is 0.500.